The maximum Gasteiger partial charge on any atom is 0.329 e. The van der Waals surface area contributed by atoms with E-state index in [9.17, 15) is 24.3 Å². The van der Waals surface area contributed by atoms with Crippen molar-refractivity contribution in [3.8, 4) is 0 Å². The highest BCUT2D eigenvalue weighted by Gasteiger charge is 2.28. The number of carboxylic acids is 1. The summed E-state index contributed by atoms with van der Waals surface area (Å²) in [5.74, 6) is -2.25. The standard InChI is InChI=1S/C28H24N4O5/c33-25(30-23(27(35)36)15-18-16-29-21-12-6-4-10-19(18)21)24(14-17-8-2-1-3-9-17)32-26(34)20-11-5-7-13-22(20)31-28(32)37/h1-13,16,23-24,29H,14-15H2,(H,30,33)(H,31,37)(H,35,36)/p-1/t23-,24-/m0/s1. The van der Waals surface area contributed by atoms with Gasteiger partial charge in [0.15, 0.2) is 0 Å². The van der Waals surface area contributed by atoms with Gasteiger partial charge in [-0.25, -0.2) is 9.36 Å². The van der Waals surface area contributed by atoms with E-state index in [0.717, 1.165) is 15.5 Å². The number of carbonyl (C=O) groups excluding carboxylic acids is 2. The summed E-state index contributed by atoms with van der Waals surface area (Å²) in [5.41, 5.74) is 1.16. The Bertz CT molecular complexity index is 1720. The highest BCUT2D eigenvalue weighted by Crippen LogP contribution is 2.20. The number of nitrogens with one attached hydrogen (secondary N) is 3. The zero-order valence-corrected chi connectivity index (χ0v) is 19.6. The zero-order chi connectivity index (χ0) is 25.9. The first-order valence-electron chi connectivity index (χ1n) is 11.8. The lowest BCUT2D eigenvalue weighted by atomic mass is 10.0. The molecule has 9 heteroatoms. The minimum absolute atomic E-state index is 0.000846. The van der Waals surface area contributed by atoms with Crippen LogP contribution in [0, 0.1) is 0 Å². The predicted octanol–water partition coefficient (Wildman–Crippen LogP) is 1.43. The fourth-order valence-corrected chi connectivity index (χ4v) is 4.58. The van der Waals surface area contributed by atoms with Gasteiger partial charge in [0.25, 0.3) is 5.56 Å². The quantitative estimate of drug-likeness (QED) is 0.299. The minimum atomic E-state index is -1.48. The summed E-state index contributed by atoms with van der Waals surface area (Å²) in [6, 6.07) is 20.1. The van der Waals surface area contributed by atoms with Gasteiger partial charge in [0.2, 0.25) is 5.91 Å². The summed E-state index contributed by atoms with van der Waals surface area (Å²) in [4.78, 5) is 57.7. The van der Waals surface area contributed by atoms with E-state index in [-0.39, 0.29) is 18.2 Å². The maximum absolute atomic E-state index is 13.6. The third kappa shape index (κ3) is 4.79. The summed E-state index contributed by atoms with van der Waals surface area (Å²) in [6.45, 7) is 0. The van der Waals surface area contributed by atoms with Crippen LogP contribution in [0.3, 0.4) is 0 Å². The van der Waals surface area contributed by atoms with Crippen molar-refractivity contribution in [3.05, 3.63) is 117 Å². The number of hydrogen-bond acceptors (Lipinski definition) is 5. The maximum atomic E-state index is 13.6. The fraction of sp³-hybridized carbons (Fsp3) is 0.143. The monoisotopic (exact) mass is 495 g/mol. The molecule has 0 bridgehead atoms. The molecule has 0 aliphatic rings. The van der Waals surface area contributed by atoms with Crippen molar-refractivity contribution in [3.63, 3.8) is 0 Å². The Balaban J connectivity index is 1.52. The molecule has 0 saturated heterocycles. The molecular formula is C28H23N4O5-. The predicted molar refractivity (Wildman–Crippen MR) is 137 cm³/mol. The van der Waals surface area contributed by atoms with E-state index in [4.69, 9.17) is 0 Å². The Morgan fingerprint density at radius 1 is 0.838 bits per heavy atom. The van der Waals surface area contributed by atoms with Crippen LogP contribution in [0.4, 0.5) is 0 Å². The average molecular weight is 496 g/mol. The number of fused-ring (bicyclic) bond motifs is 2. The second-order valence-electron chi connectivity index (χ2n) is 8.80. The number of carbonyl (C=O) groups is 2. The van der Waals surface area contributed by atoms with Crippen LogP contribution < -0.4 is 21.7 Å². The molecule has 0 spiro atoms. The molecule has 2 heterocycles. The van der Waals surface area contributed by atoms with Gasteiger partial charge < -0.3 is 25.2 Å². The Morgan fingerprint density at radius 2 is 1.49 bits per heavy atom. The second-order valence-corrected chi connectivity index (χ2v) is 8.80. The van der Waals surface area contributed by atoms with Crippen molar-refractivity contribution < 1.29 is 14.7 Å². The minimum Gasteiger partial charge on any atom is -0.548 e. The van der Waals surface area contributed by atoms with Crippen molar-refractivity contribution in [2.75, 3.05) is 0 Å². The Labute approximate surface area is 210 Å². The summed E-state index contributed by atoms with van der Waals surface area (Å²) in [6.07, 6.45) is 1.65. The summed E-state index contributed by atoms with van der Waals surface area (Å²) in [7, 11) is 0. The van der Waals surface area contributed by atoms with Crippen LogP contribution in [-0.4, -0.2) is 32.5 Å². The molecule has 0 fully saturated rings. The van der Waals surface area contributed by atoms with Gasteiger partial charge in [0, 0.05) is 29.9 Å². The number of hydrogen-bond donors (Lipinski definition) is 3. The SMILES string of the molecule is O=C([O-])[C@H](Cc1c[nH]c2ccccc12)NC(=O)[C@H](Cc1ccccc1)n1c(=O)[nH]c2ccccc2c1=O. The average Bonchev–Trinajstić information content (AvgIpc) is 3.31. The fourth-order valence-electron chi connectivity index (χ4n) is 4.58. The van der Waals surface area contributed by atoms with Crippen LogP contribution in [0.25, 0.3) is 21.8 Å². The van der Waals surface area contributed by atoms with Gasteiger partial charge in [-0.2, -0.15) is 0 Å². The van der Waals surface area contributed by atoms with Crippen LogP contribution >= 0.6 is 0 Å². The Hall–Kier alpha value is -4.92. The van der Waals surface area contributed by atoms with E-state index in [2.05, 4.69) is 15.3 Å². The molecule has 3 N–H and O–H groups in total. The number of H-pyrrole nitrogens is 2. The molecule has 9 nitrogen and oxygen atoms in total. The van der Waals surface area contributed by atoms with Crippen LogP contribution in [-0.2, 0) is 22.4 Å². The first-order chi connectivity index (χ1) is 17.9. The second kappa shape index (κ2) is 9.98. The van der Waals surface area contributed by atoms with Crippen molar-refractivity contribution in [1.29, 1.82) is 0 Å². The summed E-state index contributed by atoms with van der Waals surface area (Å²) in [5, 5.41) is 15.6. The van der Waals surface area contributed by atoms with Crippen molar-refractivity contribution in [2.45, 2.75) is 24.9 Å². The van der Waals surface area contributed by atoms with Gasteiger partial charge in [-0.3, -0.25) is 9.59 Å². The van der Waals surface area contributed by atoms with E-state index < -0.39 is 35.2 Å². The number of nitrogens with zero attached hydrogens (tertiary/aromatic N) is 1. The molecule has 3 aromatic carbocycles. The van der Waals surface area contributed by atoms with E-state index in [1.807, 2.05) is 24.3 Å². The molecule has 5 aromatic rings. The Kier molecular flexibility index (Phi) is 6.42. The zero-order valence-electron chi connectivity index (χ0n) is 19.6. The largest absolute Gasteiger partial charge is 0.548 e. The number of benzene rings is 3. The van der Waals surface area contributed by atoms with E-state index in [1.54, 1.807) is 60.8 Å². The smallest absolute Gasteiger partial charge is 0.329 e. The summed E-state index contributed by atoms with van der Waals surface area (Å²) < 4.78 is 0.850. The summed E-state index contributed by atoms with van der Waals surface area (Å²) >= 11 is 0. The van der Waals surface area contributed by atoms with Crippen LogP contribution in [0.1, 0.15) is 17.2 Å². The molecule has 2 atom stereocenters. The van der Waals surface area contributed by atoms with Gasteiger partial charge in [-0.15, -0.1) is 0 Å². The number of aromatic amines is 2. The molecule has 0 saturated carbocycles. The molecule has 2 aromatic heterocycles. The molecule has 37 heavy (non-hydrogen) atoms. The molecule has 1 amide bonds. The first-order valence-corrected chi connectivity index (χ1v) is 11.8. The lowest BCUT2D eigenvalue weighted by Crippen LogP contribution is -2.53. The molecule has 5 rings (SSSR count). The third-order valence-corrected chi connectivity index (χ3v) is 6.42. The normalized spacial score (nSPS) is 12.9. The lowest BCUT2D eigenvalue weighted by molar-refractivity contribution is -0.308. The van der Waals surface area contributed by atoms with Crippen molar-refractivity contribution >= 4 is 33.7 Å². The molecule has 186 valence electrons. The molecule has 0 unspecified atom stereocenters. The number of aromatic nitrogens is 3. The number of amides is 1. The lowest BCUT2D eigenvalue weighted by Gasteiger charge is -2.24. The highest BCUT2D eigenvalue weighted by atomic mass is 16.4. The number of rotatable bonds is 8. The highest BCUT2D eigenvalue weighted by molar-refractivity contribution is 5.88. The number of para-hydroxylation sites is 2. The first kappa shape index (κ1) is 23.8. The third-order valence-electron chi connectivity index (χ3n) is 6.42. The number of aliphatic carboxylic acids is 1. The van der Waals surface area contributed by atoms with Crippen molar-refractivity contribution in [1.82, 2.24) is 19.9 Å². The van der Waals surface area contributed by atoms with Gasteiger partial charge in [-0.1, -0.05) is 60.7 Å². The van der Waals surface area contributed by atoms with Crippen LogP contribution in [0.5, 0.6) is 0 Å². The van der Waals surface area contributed by atoms with E-state index in [0.29, 0.717) is 16.6 Å². The van der Waals surface area contributed by atoms with Gasteiger partial charge in [0.05, 0.1) is 22.9 Å². The van der Waals surface area contributed by atoms with E-state index >= 15 is 0 Å². The topological polar surface area (TPSA) is 140 Å². The van der Waals surface area contributed by atoms with Gasteiger partial charge in [0.1, 0.15) is 6.04 Å². The molecule has 0 aliphatic carbocycles. The number of carboxylic acid groups (broad SMARTS) is 1. The van der Waals surface area contributed by atoms with Gasteiger partial charge in [-0.05, 0) is 29.3 Å². The van der Waals surface area contributed by atoms with Crippen molar-refractivity contribution in [2.24, 2.45) is 0 Å². The molecule has 0 aliphatic heterocycles. The van der Waals surface area contributed by atoms with Crippen LogP contribution in [0.15, 0.2) is 94.6 Å². The van der Waals surface area contributed by atoms with E-state index in [1.165, 1.54) is 0 Å². The molecule has 0 radical (unpaired) electrons. The van der Waals surface area contributed by atoms with Gasteiger partial charge >= 0.3 is 5.69 Å². The van der Waals surface area contributed by atoms with Crippen LogP contribution in [0.2, 0.25) is 0 Å². The molecular weight excluding hydrogens is 472 g/mol. The Morgan fingerprint density at radius 3 is 2.22 bits per heavy atom.